The zero-order valence-corrected chi connectivity index (χ0v) is 10.1. The number of hydrogen-bond donors (Lipinski definition) is 1. The molecule has 3 nitrogen and oxygen atoms in total. The van der Waals surface area contributed by atoms with Crippen molar-refractivity contribution in [3.8, 4) is 0 Å². The molecule has 90 valence electrons. The summed E-state index contributed by atoms with van der Waals surface area (Å²) in [5.74, 6) is 0.726. The molecule has 1 aliphatic heterocycles. The summed E-state index contributed by atoms with van der Waals surface area (Å²) in [6.45, 7) is 6.18. The minimum atomic E-state index is 0.606. The number of unbranched alkanes of at least 4 members (excludes halogenated alkanes) is 2. The van der Waals surface area contributed by atoms with E-state index in [9.17, 15) is 0 Å². The molecule has 15 heavy (non-hydrogen) atoms. The summed E-state index contributed by atoms with van der Waals surface area (Å²) in [4.78, 5) is 0. The maximum absolute atomic E-state index is 5.38. The van der Waals surface area contributed by atoms with Gasteiger partial charge in [0.15, 0.2) is 0 Å². The molecule has 0 bridgehead atoms. The fraction of sp³-hybridized carbons (Fsp3) is 1.00. The Balaban J connectivity index is 1.90. The van der Waals surface area contributed by atoms with Gasteiger partial charge in [-0.3, -0.25) is 0 Å². The summed E-state index contributed by atoms with van der Waals surface area (Å²) in [7, 11) is 1.76. The molecule has 0 aromatic rings. The molecule has 0 aromatic carbocycles. The zero-order valence-electron chi connectivity index (χ0n) is 10.1. The Morgan fingerprint density at radius 2 is 2.27 bits per heavy atom. The number of methoxy groups -OCH3 is 1. The lowest BCUT2D eigenvalue weighted by Crippen LogP contribution is -2.34. The minimum absolute atomic E-state index is 0.606. The van der Waals surface area contributed by atoms with Crippen molar-refractivity contribution < 1.29 is 9.47 Å². The Hall–Kier alpha value is -0.120. The first kappa shape index (κ1) is 12.9. The van der Waals surface area contributed by atoms with Gasteiger partial charge in [0.1, 0.15) is 0 Å². The van der Waals surface area contributed by atoms with E-state index in [0.717, 1.165) is 32.3 Å². The maximum Gasteiger partial charge on any atom is 0.0509 e. The molecule has 1 aliphatic rings. The van der Waals surface area contributed by atoms with Gasteiger partial charge in [-0.2, -0.15) is 0 Å². The summed E-state index contributed by atoms with van der Waals surface area (Å²) in [5.41, 5.74) is 0. The van der Waals surface area contributed by atoms with E-state index in [1.807, 2.05) is 0 Å². The molecule has 2 unspecified atom stereocenters. The summed E-state index contributed by atoms with van der Waals surface area (Å²) in [5, 5.41) is 3.58. The smallest absolute Gasteiger partial charge is 0.0509 e. The molecule has 1 rings (SSSR count). The molecular formula is C12H25NO2. The van der Waals surface area contributed by atoms with E-state index in [4.69, 9.17) is 9.47 Å². The van der Waals surface area contributed by atoms with Crippen LogP contribution in [0.2, 0.25) is 0 Å². The van der Waals surface area contributed by atoms with Crippen LogP contribution in [0.5, 0.6) is 0 Å². The van der Waals surface area contributed by atoms with Gasteiger partial charge in [-0.05, 0) is 45.1 Å². The van der Waals surface area contributed by atoms with Gasteiger partial charge in [-0.15, -0.1) is 0 Å². The second-order valence-electron chi connectivity index (χ2n) is 4.42. The van der Waals surface area contributed by atoms with Gasteiger partial charge in [0.05, 0.1) is 6.61 Å². The van der Waals surface area contributed by atoms with Crippen LogP contribution in [0.25, 0.3) is 0 Å². The third kappa shape index (κ3) is 5.50. The second kappa shape index (κ2) is 8.08. The third-order valence-corrected chi connectivity index (χ3v) is 3.16. The molecule has 0 spiro atoms. The fourth-order valence-corrected chi connectivity index (χ4v) is 1.99. The monoisotopic (exact) mass is 215 g/mol. The number of nitrogens with one attached hydrogen (secondary N) is 1. The Kier molecular flexibility index (Phi) is 6.98. The normalized spacial score (nSPS) is 23.2. The second-order valence-corrected chi connectivity index (χ2v) is 4.42. The van der Waals surface area contributed by atoms with E-state index in [1.54, 1.807) is 7.11 Å². The van der Waals surface area contributed by atoms with Gasteiger partial charge in [0.2, 0.25) is 0 Å². The minimum Gasteiger partial charge on any atom is -0.385 e. The highest BCUT2D eigenvalue weighted by molar-refractivity contribution is 4.75. The van der Waals surface area contributed by atoms with Crippen molar-refractivity contribution >= 4 is 0 Å². The Morgan fingerprint density at radius 3 is 2.93 bits per heavy atom. The van der Waals surface area contributed by atoms with Crippen molar-refractivity contribution in [3.63, 3.8) is 0 Å². The number of ether oxygens (including phenoxy) is 2. The fourth-order valence-electron chi connectivity index (χ4n) is 1.99. The van der Waals surface area contributed by atoms with Crippen molar-refractivity contribution in [1.82, 2.24) is 5.32 Å². The van der Waals surface area contributed by atoms with Crippen LogP contribution in [0.15, 0.2) is 0 Å². The summed E-state index contributed by atoms with van der Waals surface area (Å²) < 4.78 is 10.4. The Labute approximate surface area is 93.5 Å². The van der Waals surface area contributed by atoms with Crippen molar-refractivity contribution in [2.45, 2.75) is 38.6 Å². The molecular weight excluding hydrogens is 190 g/mol. The highest BCUT2D eigenvalue weighted by Crippen LogP contribution is 2.16. The average molecular weight is 215 g/mol. The Morgan fingerprint density at radius 1 is 1.40 bits per heavy atom. The van der Waals surface area contributed by atoms with E-state index in [-0.39, 0.29) is 0 Å². The molecule has 1 heterocycles. The average Bonchev–Trinajstić information content (AvgIpc) is 2.76. The van der Waals surface area contributed by atoms with E-state index in [2.05, 4.69) is 12.2 Å². The molecule has 1 fully saturated rings. The molecule has 0 saturated carbocycles. The van der Waals surface area contributed by atoms with Crippen molar-refractivity contribution in [2.75, 3.05) is 33.5 Å². The molecule has 3 heteroatoms. The predicted molar refractivity (Wildman–Crippen MR) is 62.1 cm³/mol. The van der Waals surface area contributed by atoms with Crippen LogP contribution in [0.1, 0.15) is 32.6 Å². The predicted octanol–water partition coefficient (Wildman–Crippen LogP) is 1.82. The maximum atomic E-state index is 5.38. The van der Waals surface area contributed by atoms with Crippen molar-refractivity contribution in [1.29, 1.82) is 0 Å². The SMILES string of the molecule is COCCCCCNC(C)C1CCOC1. The first-order valence-corrected chi connectivity index (χ1v) is 6.14. The van der Waals surface area contributed by atoms with Gasteiger partial charge in [0.25, 0.3) is 0 Å². The van der Waals surface area contributed by atoms with Crippen molar-refractivity contribution in [2.24, 2.45) is 5.92 Å². The van der Waals surface area contributed by atoms with Crippen LogP contribution in [-0.2, 0) is 9.47 Å². The van der Waals surface area contributed by atoms with E-state index >= 15 is 0 Å². The van der Waals surface area contributed by atoms with Crippen LogP contribution in [-0.4, -0.2) is 39.5 Å². The van der Waals surface area contributed by atoms with Gasteiger partial charge in [-0.1, -0.05) is 0 Å². The van der Waals surface area contributed by atoms with Gasteiger partial charge >= 0.3 is 0 Å². The molecule has 0 radical (unpaired) electrons. The van der Waals surface area contributed by atoms with E-state index in [1.165, 1.54) is 25.7 Å². The molecule has 0 amide bonds. The van der Waals surface area contributed by atoms with Gasteiger partial charge in [-0.25, -0.2) is 0 Å². The van der Waals surface area contributed by atoms with Crippen LogP contribution >= 0.6 is 0 Å². The molecule has 0 aromatic heterocycles. The third-order valence-electron chi connectivity index (χ3n) is 3.16. The van der Waals surface area contributed by atoms with Crippen LogP contribution in [0.3, 0.4) is 0 Å². The summed E-state index contributed by atoms with van der Waals surface area (Å²) >= 11 is 0. The quantitative estimate of drug-likeness (QED) is 0.626. The van der Waals surface area contributed by atoms with E-state index < -0.39 is 0 Å². The Bertz CT molecular complexity index is 147. The zero-order chi connectivity index (χ0) is 10.9. The van der Waals surface area contributed by atoms with Crippen LogP contribution in [0.4, 0.5) is 0 Å². The lowest BCUT2D eigenvalue weighted by atomic mass is 10.0. The largest absolute Gasteiger partial charge is 0.385 e. The van der Waals surface area contributed by atoms with Crippen LogP contribution < -0.4 is 5.32 Å². The standard InChI is InChI=1S/C12H25NO2/c1-11(12-6-9-15-10-12)13-7-4-3-5-8-14-2/h11-13H,3-10H2,1-2H3. The highest BCUT2D eigenvalue weighted by atomic mass is 16.5. The molecule has 1 saturated heterocycles. The van der Waals surface area contributed by atoms with Crippen LogP contribution in [0, 0.1) is 5.92 Å². The topological polar surface area (TPSA) is 30.5 Å². The van der Waals surface area contributed by atoms with Gasteiger partial charge in [0, 0.05) is 26.4 Å². The number of rotatable bonds is 8. The lowest BCUT2D eigenvalue weighted by molar-refractivity contribution is 0.178. The summed E-state index contributed by atoms with van der Waals surface area (Å²) in [6.07, 6.45) is 4.91. The first-order valence-electron chi connectivity index (χ1n) is 6.14. The molecule has 2 atom stereocenters. The number of hydrogen-bond acceptors (Lipinski definition) is 3. The molecule has 1 N–H and O–H groups in total. The van der Waals surface area contributed by atoms with Gasteiger partial charge < -0.3 is 14.8 Å². The highest BCUT2D eigenvalue weighted by Gasteiger charge is 2.21. The lowest BCUT2D eigenvalue weighted by Gasteiger charge is -2.19. The molecule has 0 aliphatic carbocycles. The summed E-state index contributed by atoms with van der Waals surface area (Å²) in [6, 6.07) is 0.606. The first-order chi connectivity index (χ1) is 7.34. The van der Waals surface area contributed by atoms with E-state index in [0.29, 0.717) is 6.04 Å². The van der Waals surface area contributed by atoms with Crippen molar-refractivity contribution in [3.05, 3.63) is 0 Å².